The Labute approximate surface area is 76.5 Å². The molecule has 0 bridgehead atoms. The zero-order valence-electron chi connectivity index (χ0n) is 8.47. The molecule has 0 aliphatic rings. The molecule has 0 rings (SSSR count). The Hall–Kier alpha value is -0.530. The van der Waals surface area contributed by atoms with Gasteiger partial charge in [0.25, 0.3) is 0 Å². The van der Waals surface area contributed by atoms with Crippen molar-refractivity contribution >= 4 is 6.34 Å². The van der Waals surface area contributed by atoms with Crippen LogP contribution in [0, 0.1) is 0 Å². The lowest BCUT2D eigenvalue weighted by atomic mass is 10.1. The molecule has 0 saturated heterocycles. The third-order valence-corrected chi connectivity index (χ3v) is 1.90. The van der Waals surface area contributed by atoms with Crippen molar-refractivity contribution in [2.75, 3.05) is 13.6 Å². The maximum absolute atomic E-state index is 3.85. The Balaban J connectivity index is 2.81. The average Bonchev–Trinajstić information content (AvgIpc) is 2.10. The van der Waals surface area contributed by atoms with Gasteiger partial charge in [-0.25, -0.2) is 0 Å². The van der Waals surface area contributed by atoms with E-state index < -0.39 is 0 Å². The summed E-state index contributed by atoms with van der Waals surface area (Å²) in [4.78, 5) is 3.85. The number of rotatable bonds is 8. The summed E-state index contributed by atoms with van der Waals surface area (Å²) in [7, 11) is 1.79. The second-order valence-corrected chi connectivity index (χ2v) is 3.11. The predicted octanol–water partition coefficient (Wildman–Crippen LogP) is 2.59. The molecule has 0 amide bonds. The van der Waals surface area contributed by atoms with E-state index in [2.05, 4.69) is 17.2 Å². The zero-order valence-corrected chi connectivity index (χ0v) is 8.47. The SMILES string of the molecule is CCCCCCCCNC=NC. The highest BCUT2D eigenvalue weighted by Crippen LogP contribution is 2.03. The number of nitrogens with one attached hydrogen (secondary N) is 1. The van der Waals surface area contributed by atoms with Gasteiger partial charge in [0.1, 0.15) is 0 Å². The van der Waals surface area contributed by atoms with E-state index in [1.807, 2.05) is 0 Å². The zero-order chi connectivity index (χ0) is 9.07. The van der Waals surface area contributed by atoms with Gasteiger partial charge in [0.15, 0.2) is 0 Å². The Morgan fingerprint density at radius 1 is 1.08 bits per heavy atom. The largest absolute Gasteiger partial charge is 0.376 e. The Bertz CT molecular complexity index is 100. The van der Waals surface area contributed by atoms with E-state index in [4.69, 9.17) is 0 Å². The molecule has 0 atom stereocenters. The molecule has 0 aliphatic carbocycles. The van der Waals surface area contributed by atoms with Crippen molar-refractivity contribution in [2.45, 2.75) is 45.4 Å². The van der Waals surface area contributed by atoms with Gasteiger partial charge >= 0.3 is 0 Å². The minimum absolute atomic E-state index is 1.07. The van der Waals surface area contributed by atoms with Crippen LogP contribution in [0.3, 0.4) is 0 Å². The molecule has 0 saturated carbocycles. The van der Waals surface area contributed by atoms with Crippen molar-refractivity contribution < 1.29 is 0 Å². The highest BCUT2D eigenvalue weighted by atomic mass is 14.9. The molecule has 2 heteroatoms. The minimum atomic E-state index is 1.07. The Kier molecular flexibility index (Phi) is 10.0. The standard InChI is InChI=1S/C10H22N2/c1-3-4-5-6-7-8-9-12-10-11-2/h10H,3-9H2,1-2H3,(H,11,12). The Morgan fingerprint density at radius 3 is 2.42 bits per heavy atom. The van der Waals surface area contributed by atoms with Gasteiger partial charge in [-0.15, -0.1) is 0 Å². The highest BCUT2D eigenvalue weighted by Gasteiger charge is 1.87. The van der Waals surface area contributed by atoms with Crippen LogP contribution in [-0.4, -0.2) is 19.9 Å². The predicted molar refractivity (Wildman–Crippen MR) is 55.8 cm³/mol. The van der Waals surface area contributed by atoms with Crippen molar-refractivity contribution in [3.05, 3.63) is 0 Å². The van der Waals surface area contributed by atoms with Crippen LogP contribution in [0.2, 0.25) is 0 Å². The topological polar surface area (TPSA) is 24.4 Å². The average molecular weight is 170 g/mol. The number of hydrogen-bond acceptors (Lipinski definition) is 1. The van der Waals surface area contributed by atoms with Crippen molar-refractivity contribution in [3.63, 3.8) is 0 Å². The van der Waals surface area contributed by atoms with E-state index >= 15 is 0 Å². The van der Waals surface area contributed by atoms with Crippen LogP contribution in [0.15, 0.2) is 4.99 Å². The summed E-state index contributed by atoms with van der Waals surface area (Å²) in [6.07, 6.45) is 9.91. The van der Waals surface area contributed by atoms with Gasteiger partial charge in [-0.1, -0.05) is 39.0 Å². The summed E-state index contributed by atoms with van der Waals surface area (Å²) in [6.45, 7) is 3.32. The minimum Gasteiger partial charge on any atom is -0.376 e. The molecule has 0 unspecified atom stereocenters. The fourth-order valence-electron chi connectivity index (χ4n) is 1.16. The molecular weight excluding hydrogens is 148 g/mol. The summed E-state index contributed by atoms with van der Waals surface area (Å²) in [6, 6.07) is 0. The van der Waals surface area contributed by atoms with E-state index in [1.54, 1.807) is 13.4 Å². The first-order valence-corrected chi connectivity index (χ1v) is 5.05. The quantitative estimate of drug-likeness (QED) is 0.338. The van der Waals surface area contributed by atoms with E-state index in [0.29, 0.717) is 0 Å². The fourth-order valence-corrected chi connectivity index (χ4v) is 1.16. The normalized spacial score (nSPS) is 10.8. The monoisotopic (exact) mass is 170 g/mol. The second-order valence-electron chi connectivity index (χ2n) is 3.11. The van der Waals surface area contributed by atoms with E-state index in [1.165, 1.54) is 38.5 Å². The van der Waals surface area contributed by atoms with Crippen molar-refractivity contribution in [1.29, 1.82) is 0 Å². The first-order chi connectivity index (χ1) is 5.91. The molecular formula is C10H22N2. The van der Waals surface area contributed by atoms with Crippen LogP contribution in [0.4, 0.5) is 0 Å². The van der Waals surface area contributed by atoms with Crippen molar-refractivity contribution in [3.8, 4) is 0 Å². The van der Waals surface area contributed by atoms with E-state index in [9.17, 15) is 0 Å². The molecule has 0 aromatic carbocycles. The summed E-state index contributed by atoms with van der Waals surface area (Å²) < 4.78 is 0. The molecule has 0 aliphatic heterocycles. The molecule has 0 aromatic rings. The number of unbranched alkanes of at least 4 members (excludes halogenated alkanes) is 5. The second kappa shape index (κ2) is 10.5. The highest BCUT2D eigenvalue weighted by molar-refractivity contribution is 5.53. The number of aliphatic imine (C=N–C) groups is 1. The van der Waals surface area contributed by atoms with Gasteiger partial charge < -0.3 is 5.32 Å². The maximum atomic E-state index is 3.85. The number of hydrogen-bond donors (Lipinski definition) is 1. The summed E-state index contributed by atoms with van der Waals surface area (Å²) in [5.41, 5.74) is 0. The van der Waals surface area contributed by atoms with Gasteiger partial charge in [0.05, 0.1) is 6.34 Å². The molecule has 0 fully saturated rings. The van der Waals surface area contributed by atoms with Crippen LogP contribution >= 0.6 is 0 Å². The first-order valence-electron chi connectivity index (χ1n) is 5.05. The van der Waals surface area contributed by atoms with E-state index in [-0.39, 0.29) is 0 Å². The maximum Gasteiger partial charge on any atom is 0.0820 e. The lowest BCUT2D eigenvalue weighted by molar-refractivity contribution is 0.603. The molecule has 1 N–H and O–H groups in total. The van der Waals surface area contributed by atoms with Crippen LogP contribution in [-0.2, 0) is 0 Å². The lowest BCUT2D eigenvalue weighted by Gasteiger charge is -2.00. The smallest absolute Gasteiger partial charge is 0.0820 e. The summed E-state index contributed by atoms with van der Waals surface area (Å²) in [5.74, 6) is 0. The van der Waals surface area contributed by atoms with Crippen LogP contribution < -0.4 is 5.32 Å². The third-order valence-electron chi connectivity index (χ3n) is 1.90. The van der Waals surface area contributed by atoms with Crippen LogP contribution in [0.1, 0.15) is 45.4 Å². The van der Waals surface area contributed by atoms with Crippen LogP contribution in [0.5, 0.6) is 0 Å². The summed E-state index contributed by atoms with van der Waals surface area (Å²) >= 11 is 0. The number of nitrogens with zero attached hydrogens (tertiary/aromatic N) is 1. The van der Waals surface area contributed by atoms with Gasteiger partial charge in [0.2, 0.25) is 0 Å². The summed E-state index contributed by atoms with van der Waals surface area (Å²) in [5, 5.41) is 3.13. The molecule has 12 heavy (non-hydrogen) atoms. The van der Waals surface area contributed by atoms with Crippen molar-refractivity contribution in [1.82, 2.24) is 5.32 Å². The molecule has 0 spiro atoms. The van der Waals surface area contributed by atoms with Gasteiger partial charge in [-0.3, -0.25) is 4.99 Å². The van der Waals surface area contributed by atoms with Gasteiger partial charge in [-0.2, -0.15) is 0 Å². The molecule has 0 radical (unpaired) electrons. The van der Waals surface area contributed by atoms with Gasteiger partial charge in [0, 0.05) is 13.6 Å². The molecule has 2 nitrogen and oxygen atoms in total. The Morgan fingerprint density at radius 2 is 1.75 bits per heavy atom. The van der Waals surface area contributed by atoms with Crippen LogP contribution in [0.25, 0.3) is 0 Å². The van der Waals surface area contributed by atoms with E-state index in [0.717, 1.165) is 6.54 Å². The van der Waals surface area contributed by atoms with Gasteiger partial charge in [-0.05, 0) is 6.42 Å². The molecule has 0 aromatic heterocycles. The molecule has 72 valence electrons. The third kappa shape index (κ3) is 9.47. The fraction of sp³-hybridized carbons (Fsp3) is 0.900. The van der Waals surface area contributed by atoms with Crippen molar-refractivity contribution in [2.24, 2.45) is 4.99 Å². The first kappa shape index (κ1) is 11.5. The molecule has 0 heterocycles. The lowest BCUT2D eigenvalue weighted by Crippen LogP contribution is -2.12.